The van der Waals surface area contributed by atoms with Gasteiger partial charge in [0.1, 0.15) is 24.0 Å². The van der Waals surface area contributed by atoms with Crippen molar-refractivity contribution in [1.82, 2.24) is 15.0 Å². The van der Waals surface area contributed by atoms with Gasteiger partial charge in [0.05, 0.1) is 18.9 Å². The summed E-state index contributed by atoms with van der Waals surface area (Å²) in [5.41, 5.74) is 1.77. The first-order chi connectivity index (χ1) is 10.7. The molecule has 22 heavy (non-hydrogen) atoms. The number of aromatic nitrogens is 3. The lowest BCUT2D eigenvalue weighted by Gasteiger charge is -2.13. The van der Waals surface area contributed by atoms with Gasteiger partial charge in [0.15, 0.2) is 0 Å². The molecule has 0 saturated carbocycles. The van der Waals surface area contributed by atoms with Gasteiger partial charge in [-0.1, -0.05) is 35.5 Å². The summed E-state index contributed by atoms with van der Waals surface area (Å²) < 4.78 is 7.11. The summed E-state index contributed by atoms with van der Waals surface area (Å²) in [6.07, 6.45) is -0.977. The van der Waals surface area contributed by atoms with Crippen LogP contribution in [0.15, 0.2) is 36.5 Å². The zero-order valence-electron chi connectivity index (χ0n) is 12.0. The molecule has 1 fully saturated rings. The van der Waals surface area contributed by atoms with E-state index in [2.05, 4.69) is 10.3 Å². The summed E-state index contributed by atoms with van der Waals surface area (Å²) in [6, 6.07) is 9.73. The third-order valence-corrected chi connectivity index (χ3v) is 3.89. The molecule has 0 unspecified atom stereocenters. The van der Waals surface area contributed by atoms with Crippen molar-refractivity contribution >= 4 is 0 Å². The van der Waals surface area contributed by atoms with E-state index in [1.165, 1.54) is 0 Å². The molecule has 3 rings (SSSR count). The maximum Gasteiger partial charge on any atom is 0.113 e. The minimum Gasteiger partial charge on any atom is -0.394 e. The molecule has 2 aromatic rings. The highest BCUT2D eigenvalue weighted by molar-refractivity contribution is 5.57. The van der Waals surface area contributed by atoms with Crippen LogP contribution >= 0.6 is 0 Å². The molecule has 1 aromatic heterocycles. The van der Waals surface area contributed by atoms with Gasteiger partial charge in [-0.3, -0.25) is 4.68 Å². The number of ether oxygens (including phenoxy) is 1. The van der Waals surface area contributed by atoms with Crippen LogP contribution in [0.4, 0.5) is 0 Å². The van der Waals surface area contributed by atoms with Crippen molar-refractivity contribution < 1.29 is 20.1 Å². The first-order valence-corrected chi connectivity index (χ1v) is 7.27. The Bertz CT molecular complexity index is 604. The number of nitrogens with zero attached hydrogens (tertiary/aromatic N) is 3. The first-order valence-electron chi connectivity index (χ1n) is 7.27. The van der Waals surface area contributed by atoms with Crippen molar-refractivity contribution in [1.29, 1.82) is 0 Å². The van der Waals surface area contributed by atoms with Crippen molar-refractivity contribution in [3.63, 3.8) is 0 Å². The number of aliphatic hydroxyl groups is 3. The Hall–Kier alpha value is -1.80. The third-order valence-electron chi connectivity index (χ3n) is 3.89. The van der Waals surface area contributed by atoms with Gasteiger partial charge in [-0.15, -0.1) is 5.10 Å². The van der Waals surface area contributed by atoms with Gasteiger partial charge in [-0.2, -0.15) is 0 Å². The zero-order valence-corrected chi connectivity index (χ0v) is 12.0. The van der Waals surface area contributed by atoms with Gasteiger partial charge in [-0.25, -0.2) is 0 Å². The lowest BCUT2D eigenvalue weighted by molar-refractivity contribution is -0.0253. The Kier molecular flexibility index (Phi) is 4.49. The van der Waals surface area contributed by atoms with E-state index in [4.69, 9.17) is 9.84 Å². The highest BCUT2D eigenvalue weighted by Gasteiger charge is 2.41. The van der Waals surface area contributed by atoms with Gasteiger partial charge in [-0.05, 0) is 6.42 Å². The number of aliphatic hydroxyl groups excluding tert-OH is 3. The van der Waals surface area contributed by atoms with Crippen LogP contribution in [0.1, 0.15) is 6.42 Å². The highest BCUT2D eigenvalue weighted by atomic mass is 16.6. The van der Waals surface area contributed by atoms with Gasteiger partial charge in [0.25, 0.3) is 0 Å². The largest absolute Gasteiger partial charge is 0.394 e. The Balaban J connectivity index is 1.60. The van der Waals surface area contributed by atoms with Crippen molar-refractivity contribution in [3.05, 3.63) is 36.5 Å². The van der Waals surface area contributed by atoms with Crippen LogP contribution in [0.2, 0.25) is 0 Å². The normalized spacial score (nSPS) is 28.1. The molecule has 118 valence electrons. The van der Waals surface area contributed by atoms with Gasteiger partial charge in [0, 0.05) is 12.1 Å². The molecule has 3 N–H and O–H groups in total. The lowest BCUT2D eigenvalue weighted by atomic mass is 10.1. The SMILES string of the molecule is OC[C@H]1O[C@@H](CCn2cc(-c3ccccc3)nn2)[C@H](O)[C@@H]1O. The van der Waals surface area contributed by atoms with Crippen LogP contribution < -0.4 is 0 Å². The van der Waals surface area contributed by atoms with Gasteiger partial charge < -0.3 is 20.1 Å². The summed E-state index contributed by atoms with van der Waals surface area (Å²) in [7, 11) is 0. The predicted molar refractivity (Wildman–Crippen MR) is 77.8 cm³/mol. The van der Waals surface area contributed by atoms with Gasteiger partial charge in [0.2, 0.25) is 0 Å². The second kappa shape index (κ2) is 6.53. The molecule has 0 radical (unpaired) electrons. The fourth-order valence-corrected chi connectivity index (χ4v) is 2.62. The Labute approximate surface area is 127 Å². The van der Waals surface area contributed by atoms with Gasteiger partial charge >= 0.3 is 0 Å². The molecule has 0 aliphatic carbocycles. The molecule has 0 bridgehead atoms. The van der Waals surface area contributed by atoms with Crippen LogP contribution in [0, 0.1) is 0 Å². The van der Waals surface area contributed by atoms with E-state index in [1.807, 2.05) is 36.5 Å². The van der Waals surface area contributed by atoms with Crippen molar-refractivity contribution in [3.8, 4) is 11.3 Å². The summed E-state index contributed by atoms with van der Waals surface area (Å²) >= 11 is 0. The fourth-order valence-electron chi connectivity index (χ4n) is 2.62. The summed E-state index contributed by atoms with van der Waals surface area (Å²) in [5.74, 6) is 0. The standard InChI is InChI=1S/C15H19N3O4/c19-9-13-15(21)14(20)12(22-13)6-7-18-8-11(16-17-18)10-4-2-1-3-5-10/h1-5,8,12-15,19-21H,6-7,9H2/t12-,13+,14-,15+/m0/s1. The molecule has 2 heterocycles. The second-order valence-corrected chi connectivity index (χ2v) is 5.40. The van der Waals surface area contributed by atoms with Crippen LogP contribution in [-0.4, -0.2) is 61.3 Å². The van der Waals surface area contributed by atoms with E-state index in [-0.39, 0.29) is 6.61 Å². The predicted octanol–water partition coefficient (Wildman–Crippen LogP) is -0.183. The Morgan fingerprint density at radius 2 is 1.82 bits per heavy atom. The quantitative estimate of drug-likeness (QED) is 0.708. The number of benzene rings is 1. The summed E-state index contributed by atoms with van der Waals surface area (Å²) in [5, 5.41) is 36.8. The molecular formula is C15H19N3O4. The molecule has 0 spiro atoms. The van der Waals surface area contributed by atoms with Crippen LogP contribution in [0.3, 0.4) is 0 Å². The second-order valence-electron chi connectivity index (χ2n) is 5.40. The average Bonchev–Trinajstić information content (AvgIpc) is 3.13. The number of hydrogen-bond donors (Lipinski definition) is 3. The third kappa shape index (κ3) is 3.02. The maximum absolute atomic E-state index is 9.89. The smallest absolute Gasteiger partial charge is 0.113 e. The van der Waals surface area contributed by atoms with E-state index in [0.717, 1.165) is 11.3 Å². The highest BCUT2D eigenvalue weighted by Crippen LogP contribution is 2.24. The molecule has 1 aliphatic heterocycles. The van der Waals surface area contributed by atoms with Crippen LogP contribution in [0.25, 0.3) is 11.3 Å². The van der Waals surface area contributed by atoms with E-state index >= 15 is 0 Å². The molecule has 1 aliphatic rings. The number of aryl methyl sites for hydroxylation is 1. The topological polar surface area (TPSA) is 101 Å². The van der Waals surface area contributed by atoms with E-state index in [9.17, 15) is 10.2 Å². The monoisotopic (exact) mass is 305 g/mol. The fraction of sp³-hybridized carbons (Fsp3) is 0.467. The number of rotatable bonds is 5. The Morgan fingerprint density at radius 1 is 1.09 bits per heavy atom. The molecule has 7 heteroatoms. The van der Waals surface area contributed by atoms with Crippen LogP contribution in [-0.2, 0) is 11.3 Å². The molecule has 1 saturated heterocycles. The number of hydrogen-bond acceptors (Lipinski definition) is 6. The van der Waals surface area contributed by atoms with E-state index in [0.29, 0.717) is 13.0 Å². The van der Waals surface area contributed by atoms with Crippen molar-refractivity contribution in [2.45, 2.75) is 37.4 Å². The molecule has 4 atom stereocenters. The summed E-state index contributed by atoms with van der Waals surface area (Å²) in [6.45, 7) is 0.197. The average molecular weight is 305 g/mol. The molecular weight excluding hydrogens is 286 g/mol. The van der Waals surface area contributed by atoms with E-state index in [1.54, 1.807) is 4.68 Å². The molecule has 0 amide bonds. The van der Waals surface area contributed by atoms with E-state index < -0.39 is 24.4 Å². The molecule has 7 nitrogen and oxygen atoms in total. The lowest BCUT2D eigenvalue weighted by Crippen LogP contribution is -2.34. The minimum atomic E-state index is -1.05. The van der Waals surface area contributed by atoms with Crippen molar-refractivity contribution in [2.75, 3.05) is 6.61 Å². The summed E-state index contributed by atoms with van der Waals surface area (Å²) in [4.78, 5) is 0. The van der Waals surface area contributed by atoms with Crippen LogP contribution in [0.5, 0.6) is 0 Å². The van der Waals surface area contributed by atoms with Crippen molar-refractivity contribution in [2.24, 2.45) is 0 Å². The zero-order chi connectivity index (χ0) is 15.5. The Morgan fingerprint density at radius 3 is 2.50 bits per heavy atom. The molecule has 1 aromatic carbocycles. The minimum absolute atomic E-state index is 0.309. The maximum atomic E-state index is 9.89. The first kappa shape index (κ1) is 15.1.